The third kappa shape index (κ3) is 4.63. The molecule has 0 fully saturated rings. The van der Waals surface area contributed by atoms with Crippen LogP contribution >= 0.6 is 22.9 Å². The van der Waals surface area contributed by atoms with Gasteiger partial charge in [-0.05, 0) is 30.3 Å². The summed E-state index contributed by atoms with van der Waals surface area (Å²) in [7, 11) is -3.35. The molecule has 0 aliphatic rings. The van der Waals surface area contributed by atoms with Crippen LogP contribution < -0.4 is 10.0 Å². The van der Waals surface area contributed by atoms with E-state index in [-0.39, 0.29) is 0 Å². The zero-order chi connectivity index (χ0) is 15.5. The molecule has 5 nitrogen and oxygen atoms in total. The molecule has 1 aromatic carbocycles. The van der Waals surface area contributed by atoms with Crippen molar-refractivity contribution in [3.05, 3.63) is 45.1 Å². The van der Waals surface area contributed by atoms with E-state index in [4.69, 9.17) is 16.9 Å². The highest BCUT2D eigenvalue weighted by atomic mass is 35.5. The second-order valence-corrected chi connectivity index (χ2v) is 7.62. The first kappa shape index (κ1) is 15.6. The molecule has 0 saturated heterocycles. The number of sulfonamides is 1. The molecule has 0 bridgehead atoms. The molecule has 0 amide bonds. The predicted octanol–water partition coefficient (Wildman–Crippen LogP) is 3.26. The van der Waals surface area contributed by atoms with Gasteiger partial charge >= 0.3 is 0 Å². The van der Waals surface area contributed by atoms with E-state index >= 15 is 0 Å². The summed E-state index contributed by atoms with van der Waals surface area (Å²) in [5.74, 6) is 0. The summed E-state index contributed by atoms with van der Waals surface area (Å²) in [6.07, 6.45) is 1.07. The van der Waals surface area contributed by atoms with Gasteiger partial charge in [-0.2, -0.15) is 5.26 Å². The molecule has 2 rings (SSSR count). The third-order valence-electron chi connectivity index (χ3n) is 2.50. The van der Waals surface area contributed by atoms with Crippen LogP contribution in [0.25, 0.3) is 0 Å². The fraction of sp³-hybridized carbons (Fsp3) is 0.154. The van der Waals surface area contributed by atoms with E-state index in [9.17, 15) is 8.42 Å². The summed E-state index contributed by atoms with van der Waals surface area (Å²) < 4.78 is 24.7. The molecule has 0 radical (unpaired) electrons. The highest BCUT2D eigenvalue weighted by molar-refractivity contribution is 7.92. The maximum absolute atomic E-state index is 11.2. The lowest BCUT2D eigenvalue weighted by Gasteiger charge is -2.09. The van der Waals surface area contributed by atoms with Crippen LogP contribution in [0.5, 0.6) is 0 Å². The lowest BCUT2D eigenvalue weighted by atomic mass is 10.3. The molecule has 110 valence electrons. The second-order valence-electron chi connectivity index (χ2n) is 4.30. The summed E-state index contributed by atoms with van der Waals surface area (Å²) in [5.41, 5.74) is 1.11. The highest BCUT2D eigenvalue weighted by Gasteiger charge is 2.07. The van der Waals surface area contributed by atoms with Gasteiger partial charge in [0, 0.05) is 17.1 Å². The Balaban J connectivity index is 2.05. The average Bonchev–Trinajstić information content (AvgIpc) is 2.86. The number of benzene rings is 1. The molecule has 21 heavy (non-hydrogen) atoms. The summed E-state index contributed by atoms with van der Waals surface area (Å²) in [6, 6.07) is 10.7. The standard InChI is InChI=1S/C13H12ClN3O2S2/c1-21(18,19)17-13-5-2-9(6-12(13)14)16-8-11-4-3-10(7-15)20-11/h2-6,16-17H,8H2,1H3. The summed E-state index contributed by atoms with van der Waals surface area (Å²) in [6.45, 7) is 0.571. The van der Waals surface area contributed by atoms with Crippen LogP contribution in [-0.2, 0) is 16.6 Å². The van der Waals surface area contributed by atoms with Gasteiger partial charge < -0.3 is 5.32 Å². The molecule has 2 N–H and O–H groups in total. The Morgan fingerprint density at radius 1 is 1.33 bits per heavy atom. The molecule has 0 aliphatic carbocycles. The molecule has 0 atom stereocenters. The van der Waals surface area contributed by atoms with Crippen LogP contribution in [0.1, 0.15) is 9.75 Å². The molecule has 1 heterocycles. The summed E-state index contributed by atoms with van der Waals surface area (Å²) in [4.78, 5) is 1.69. The van der Waals surface area contributed by atoms with Crippen molar-refractivity contribution in [1.29, 1.82) is 5.26 Å². The zero-order valence-corrected chi connectivity index (χ0v) is 13.4. The summed E-state index contributed by atoms with van der Waals surface area (Å²) >= 11 is 7.46. The number of halogens is 1. The van der Waals surface area contributed by atoms with Crippen molar-refractivity contribution in [1.82, 2.24) is 0 Å². The number of nitriles is 1. The molecule has 0 aliphatic heterocycles. The van der Waals surface area contributed by atoms with Gasteiger partial charge in [-0.3, -0.25) is 4.72 Å². The van der Waals surface area contributed by atoms with Gasteiger partial charge in [0.15, 0.2) is 0 Å². The van der Waals surface area contributed by atoms with Crippen LogP contribution in [0.4, 0.5) is 11.4 Å². The first-order valence-electron chi connectivity index (χ1n) is 5.87. The van der Waals surface area contributed by atoms with Gasteiger partial charge in [-0.25, -0.2) is 8.42 Å². The van der Waals surface area contributed by atoms with E-state index in [1.54, 1.807) is 24.3 Å². The predicted molar refractivity (Wildman–Crippen MR) is 86.3 cm³/mol. The maximum atomic E-state index is 11.2. The van der Waals surface area contributed by atoms with Gasteiger partial charge in [0.05, 0.1) is 17.0 Å². The van der Waals surface area contributed by atoms with Crippen molar-refractivity contribution < 1.29 is 8.42 Å². The normalized spacial score (nSPS) is 10.9. The molecule has 0 saturated carbocycles. The topological polar surface area (TPSA) is 82.0 Å². The number of hydrogen-bond donors (Lipinski definition) is 2. The molecule has 0 spiro atoms. The van der Waals surface area contributed by atoms with Crippen LogP contribution in [0.2, 0.25) is 5.02 Å². The number of anilines is 2. The fourth-order valence-electron chi connectivity index (χ4n) is 1.63. The minimum atomic E-state index is -3.35. The van der Waals surface area contributed by atoms with Gasteiger partial charge in [-0.15, -0.1) is 11.3 Å². The van der Waals surface area contributed by atoms with Gasteiger partial charge in [0.25, 0.3) is 0 Å². The van der Waals surface area contributed by atoms with E-state index in [0.717, 1.165) is 16.8 Å². The minimum Gasteiger partial charge on any atom is -0.380 e. The number of nitrogens with one attached hydrogen (secondary N) is 2. The largest absolute Gasteiger partial charge is 0.380 e. The van der Waals surface area contributed by atoms with Crippen LogP contribution in [0, 0.1) is 11.3 Å². The van der Waals surface area contributed by atoms with Crippen molar-refractivity contribution in [2.45, 2.75) is 6.54 Å². The number of hydrogen-bond acceptors (Lipinski definition) is 5. The Hall–Kier alpha value is -1.75. The Morgan fingerprint density at radius 3 is 2.67 bits per heavy atom. The number of thiophene rings is 1. The van der Waals surface area contributed by atoms with E-state index in [0.29, 0.717) is 22.1 Å². The third-order valence-corrected chi connectivity index (χ3v) is 4.40. The quantitative estimate of drug-likeness (QED) is 0.874. The van der Waals surface area contributed by atoms with E-state index in [1.807, 2.05) is 6.07 Å². The number of nitrogens with zero attached hydrogens (tertiary/aromatic N) is 1. The highest BCUT2D eigenvalue weighted by Crippen LogP contribution is 2.27. The Labute approximate surface area is 132 Å². The molecular formula is C13H12ClN3O2S2. The van der Waals surface area contributed by atoms with Crippen molar-refractivity contribution in [2.24, 2.45) is 0 Å². The smallest absolute Gasteiger partial charge is 0.229 e. The Bertz CT molecular complexity index is 794. The Morgan fingerprint density at radius 2 is 2.10 bits per heavy atom. The van der Waals surface area contributed by atoms with Crippen LogP contribution in [0.3, 0.4) is 0 Å². The van der Waals surface area contributed by atoms with E-state index < -0.39 is 10.0 Å². The molecule has 1 aromatic heterocycles. The lowest BCUT2D eigenvalue weighted by molar-refractivity contribution is 0.607. The van der Waals surface area contributed by atoms with Gasteiger partial charge in [0.1, 0.15) is 10.9 Å². The minimum absolute atomic E-state index is 0.314. The molecular weight excluding hydrogens is 330 g/mol. The van der Waals surface area contributed by atoms with Crippen molar-refractivity contribution in [2.75, 3.05) is 16.3 Å². The maximum Gasteiger partial charge on any atom is 0.229 e. The monoisotopic (exact) mass is 341 g/mol. The fourth-order valence-corrected chi connectivity index (χ4v) is 3.24. The summed E-state index contributed by atoms with van der Waals surface area (Å²) in [5, 5.41) is 12.2. The Kier molecular flexibility index (Phi) is 4.73. The lowest BCUT2D eigenvalue weighted by Crippen LogP contribution is -2.10. The first-order valence-corrected chi connectivity index (χ1v) is 8.96. The van der Waals surface area contributed by atoms with Crippen LogP contribution in [0.15, 0.2) is 30.3 Å². The van der Waals surface area contributed by atoms with E-state index in [2.05, 4.69) is 16.1 Å². The van der Waals surface area contributed by atoms with E-state index in [1.165, 1.54) is 11.3 Å². The zero-order valence-electron chi connectivity index (χ0n) is 11.1. The van der Waals surface area contributed by atoms with Crippen molar-refractivity contribution >= 4 is 44.3 Å². The second kappa shape index (κ2) is 6.35. The van der Waals surface area contributed by atoms with Crippen molar-refractivity contribution in [3.63, 3.8) is 0 Å². The van der Waals surface area contributed by atoms with Gasteiger partial charge in [0.2, 0.25) is 10.0 Å². The first-order chi connectivity index (χ1) is 9.87. The number of rotatable bonds is 5. The molecule has 8 heteroatoms. The van der Waals surface area contributed by atoms with Gasteiger partial charge in [-0.1, -0.05) is 11.6 Å². The van der Waals surface area contributed by atoms with Crippen molar-refractivity contribution in [3.8, 4) is 6.07 Å². The molecule has 2 aromatic rings. The van der Waals surface area contributed by atoms with Crippen LogP contribution in [-0.4, -0.2) is 14.7 Å². The molecule has 0 unspecified atom stereocenters. The SMILES string of the molecule is CS(=O)(=O)Nc1ccc(NCc2ccc(C#N)s2)cc1Cl. The average molecular weight is 342 g/mol.